The van der Waals surface area contributed by atoms with E-state index in [2.05, 4.69) is 5.32 Å². The minimum absolute atomic E-state index is 0.0695. The SMILES string of the molecule is COc1ccc(/C=C2\SC(=S)N(CC(=O)NC[C@H]3CCCO3)C2=O)cc1. The van der Waals surface area contributed by atoms with Gasteiger partial charge in [0.05, 0.1) is 18.1 Å². The molecule has 0 spiro atoms. The second-order valence-electron chi connectivity index (χ2n) is 5.98. The normalized spacial score (nSPS) is 21.5. The van der Waals surface area contributed by atoms with Gasteiger partial charge < -0.3 is 14.8 Å². The van der Waals surface area contributed by atoms with Gasteiger partial charge >= 0.3 is 0 Å². The smallest absolute Gasteiger partial charge is 0.266 e. The fourth-order valence-electron chi connectivity index (χ4n) is 2.72. The first-order valence-corrected chi connectivity index (χ1v) is 9.57. The van der Waals surface area contributed by atoms with Crippen molar-refractivity contribution in [2.75, 3.05) is 26.8 Å². The van der Waals surface area contributed by atoms with Gasteiger partial charge in [0, 0.05) is 13.2 Å². The summed E-state index contributed by atoms with van der Waals surface area (Å²) in [7, 11) is 1.60. The van der Waals surface area contributed by atoms with E-state index in [1.54, 1.807) is 13.2 Å². The Morgan fingerprint density at radius 1 is 1.46 bits per heavy atom. The summed E-state index contributed by atoms with van der Waals surface area (Å²) in [4.78, 5) is 26.5. The van der Waals surface area contributed by atoms with Crippen LogP contribution in [-0.4, -0.2) is 53.9 Å². The number of benzene rings is 1. The van der Waals surface area contributed by atoms with E-state index >= 15 is 0 Å². The molecular weight excluding hydrogens is 372 g/mol. The molecule has 2 heterocycles. The van der Waals surface area contributed by atoms with Crippen LogP contribution in [0.1, 0.15) is 18.4 Å². The van der Waals surface area contributed by atoms with Crippen molar-refractivity contribution < 1.29 is 19.1 Å². The molecule has 0 aromatic heterocycles. The van der Waals surface area contributed by atoms with Crippen LogP contribution in [0.3, 0.4) is 0 Å². The lowest BCUT2D eigenvalue weighted by Crippen LogP contribution is -2.41. The van der Waals surface area contributed by atoms with Crippen LogP contribution >= 0.6 is 24.0 Å². The molecule has 2 aliphatic rings. The van der Waals surface area contributed by atoms with Crippen molar-refractivity contribution in [3.8, 4) is 5.75 Å². The van der Waals surface area contributed by atoms with Gasteiger partial charge in [-0.05, 0) is 36.6 Å². The number of nitrogens with zero attached hydrogens (tertiary/aromatic N) is 1. The van der Waals surface area contributed by atoms with Gasteiger partial charge in [-0.1, -0.05) is 36.1 Å². The van der Waals surface area contributed by atoms with E-state index in [4.69, 9.17) is 21.7 Å². The summed E-state index contributed by atoms with van der Waals surface area (Å²) >= 11 is 6.47. The molecule has 0 saturated carbocycles. The van der Waals surface area contributed by atoms with E-state index in [0.29, 0.717) is 15.8 Å². The van der Waals surface area contributed by atoms with Crippen LogP contribution in [0, 0.1) is 0 Å². The predicted octanol–water partition coefficient (Wildman–Crippen LogP) is 2.19. The third-order valence-corrected chi connectivity index (χ3v) is 5.52. The standard InChI is InChI=1S/C18H20N2O4S2/c1-23-13-6-4-12(5-7-13)9-15-17(22)20(18(25)26-15)11-16(21)19-10-14-3-2-8-24-14/h4-7,9,14H,2-3,8,10-11H2,1H3,(H,19,21)/b15-9-/t14-/m1/s1. The van der Waals surface area contributed by atoms with Gasteiger partial charge in [0.15, 0.2) is 0 Å². The summed E-state index contributed by atoms with van der Waals surface area (Å²) in [5, 5.41) is 2.81. The number of hydrogen-bond acceptors (Lipinski definition) is 6. The van der Waals surface area contributed by atoms with Crippen molar-refractivity contribution in [3.63, 3.8) is 0 Å². The zero-order chi connectivity index (χ0) is 18.5. The van der Waals surface area contributed by atoms with Crippen LogP contribution in [0.25, 0.3) is 6.08 Å². The lowest BCUT2D eigenvalue weighted by atomic mass is 10.2. The quantitative estimate of drug-likeness (QED) is 0.591. The van der Waals surface area contributed by atoms with Crippen LogP contribution in [0.2, 0.25) is 0 Å². The van der Waals surface area contributed by atoms with Gasteiger partial charge in [0.25, 0.3) is 5.91 Å². The average Bonchev–Trinajstić information content (AvgIpc) is 3.25. The van der Waals surface area contributed by atoms with Gasteiger partial charge in [-0.3, -0.25) is 14.5 Å². The first kappa shape index (κ1) is 18.9. The highest BCUT2D eigenvalue weighted by Crippen LogP contribution is 2.32. The Morgan fingerprint density at radius 3 is 2.88 bits per heavy atom. The Kier molecular flexibility index (Phi) is 6.29. The monoisotopic (exact) mass is 392 g/mol. The van der Waals surface area contributed by atoms with Crippen LogP contribution in [0.15, 0.2) is 29.2 Å². The lowest BCUT2D eigenvalue weighted by Gasteiger charge is -2.15. The van der Waals surface area contributed by atoms with E-state index in [9.17, 15) is 9.59 Å². The highest BCUT2D eigenvalue weighted by atomic mass is 32.2. The van der Waals surface area contributed by atoms with Gasteiger partial charge in [-0.25, -0.2) is 0 Å². The zero-order valence-electron chi connectivity index (χ0n) is 14.4. The molecule has 2 saturated heterocycles. The van der Waals surface area contributed by atoms with Gasteiger partial charge in [-0.2, -0.15) is 0 Å². The summed E-state index contributed by atoms with van der Waals surface area (Å²) < 4.78 is 11.0. The predicted molar refractivity (Wildman–Crippen MR) is 105 cm³/mol. The average molecular weight is 393 g/mol. The highest BCUT2D eigenvalue weighted by molar-refractivity contribution is 8.26. The van der Waals surface area contributed by atoms with Gasteiger partial charge in [0.1, 0.15) is 16.6 Å². The molecule has 2 amide bonds. The number of methoxy groups -OCH3 is 1. The maximum Gasteiger partial charge on any atom is 0.266 e. The molecule has 1 aromatic rings. The number of thioether (sulfide) groups is 1. The van der Waals surface area contributed by atoms with Gasteiger partial charge in [0.2, 0.25) is 5.91 Å². The van der Waals surface area contributed by atoms with Crippen LogP contribution in [0.4, 0.5) is 0 Å². The van der Waals surface area contributed by atoms with Crippen LogP contribution in [0.5, 0.6) is 5.75 Å². The molecule has 0 unspecified atom stereocenters. The summed E-state index contributed by atoms with van der Waals surface area (Å²) in [5.74, 6) is 0.267. The maximum atomic E-state index is 12.6. The molecule has 26 heavy (non-hydrogen) atoms. The molecule has 138 valence electrons. The fraction of sp³-hybridized carbons (Fsp3) is 0.389. The minimum Gasteiger partial charge on any atom is -0.497 e. The summed E-state index contributed by atoms with van der Waals surface area (Å²) in [6.07, 6.45) is 3.81. The van der Waals surface area contributed by atoms with Crippen LogP contribution in [-0.2, 0) is 14.3 Å². The number of rotatable bonds is 6. The van der Waals surface area contributed by atoms with Crippen molar-refractivity contribution in [2.45, 2.75) is 18.9 Å². The molecule has 0 aliphatic carbocycles. The Hall–Kier alpha value is -1.90. The minimum atomic E-state index is -0.247. The summed E-state index contributed by atoms with van der Waals surface area (Å²) in [6.45, 7) is 1.14. The van der Waals surface area contributed by atoms with Crippen molar-refractivity contribution in [3.05, 3.63) is 34.7 Å². The Labute approximate surface area is 161 Å². The first-order valence-electron chi connectivity index (χ1n) is 8.34. The molecule has 2 fully saturated rings. The van der Waals surface area contributed by atoms with Crippen molar-refractivity contribution >= 4 is 46.2 Å². The summed E-state index contributed by atoms with van der Waals surface area (Å²) in [5.41, 5.74) is 0.870. The van der Waals surface area contributed by atoms with E-state index in [1.807, 2.05) is 24.3 Å². The number of carbonyl (C=O) groups is 2. The third kappa shape index (κ3) is 4.63. The zero-order valence-corrected chi connectivity index (χ0v) is 16.0. The first-order chi connectivity index (χ1) is 12.6. The number of carbonyl (C=O) groups excluding carboxylic acids is 2. The second-order valence-corrected chi connectivity index (χ2v) is 7.66. The number of ether oxygens (including phenoxy) is 2. The van der Waals surface area contributed by atoms with Crippen molar-refractivity contribution in [2.24, 2.45) is 0 Å². The third-order valence-electron chi connectivity index (χ3n) is 4.14. The Morgan fingerprint density at radius 2 is 2.23 bits per heavy atom. The molecule has 3 rings (SSSR count). The maximum absolute atomic E-state index is 12.6. The fourth-order valence-corrected chi connectivity index (χ4v) is 3.98. The Bertz CT molecular complexity index is 727. The van der Waals surface area contributed by atoms with E-state index in [0.717, 1.165) is 30.8 Å². The second kappa shape index (κ2) is 8.66. The van der Waals surface area contributed by atoms with E-state index in [-0.39, 0.29) is 24.5 Å². The largest absolute Gasteiger partial charge is 0.497 e. The molecule has 0 bridgehead atoms. The topological polar surface area (TPSA) is 67.9 Å². The van der Waals surface area contributed by atoms with E-state index in [1.165, 1.54) is 16.7 Å². The highest BCUT2D eigenvalue weighted by Gasteiger charge is 2.33. The van der Waals surface area contributed by atoms with Crippen LogP contribution < -0.4 is 10.1 Å². The molecule has 8 heteroatoms. The van der Waals surface area contributed by atoms with Crippen molar-refractivity contribution in [1.29, 1.82) is 0 Å². The lowest BCUT2D eigenvalue weighted by molar-refractivity contribution is -0.129. The molecular formula is C18H20N2O4S2. The molecule has 1 atom stereocenters. The molecule has 1 N–H and O–H groups in total. The van der Waals surface area contributed by atoms with Gasteiger partial charge in [-0.15, -0.1) is 0 Å². The number of amides is 2. The molecule has 2 aliphatic heterocycles. The molecule has 1 aromatic carbocycles. The summed E-state index contributed by atoms with van der Waals surface area (Å²) in [6, 6.07) is 7.37. The number of thiocarbonyl (C=S) groups is 1. The molecule has 6 nitrogen and oxygen atoms in total. The van der Waals surface area contributed by atoms with Crippen molar-refractivity contribution in [1.82, 2.24) is 10.2 Å². The number of hydrogen-bond donors (Lipinski definition) is 1. The molecule has 0 radical (unpaired) electrons. The van der Waals surface area contributed by atoms with E-state index < -0.39 is 0 Å². The Balaban J connectivity index is 1.58. The number of nitrogens with one attached hydrogen (secondary N) is 1.